The minimum atomic E-state index is -3.57. The second kappa shape index (κ2) is 58.9. The van der Waals surface area contributed by atoms with Crippen LogP contribution in [0.3, 0.4) is 0 Å². The molecule has 28 nitrogen and oxygen atoms in total. The van der Waals surface area contributed by atoms with Gasteiger partial charge in [0, 0.05) is 19.8 Å². The first-order chi connectivity index (χ1) is 45.9. The van der Waals surface area contributed by atoms with Gasteiger partial charge in [-0.25, -0.2) is 14.2 Å². The fraction of sp³-hybridized carbons (Fsp3) is 0.818. The van der Waals surface area contributed by atoms with Gasteiger partial charge in [0.15, 0.2) is 16.6 Å². The molecule has 0 aliphatic carbocycles. The first kappa shape index (κ1) is 113. The van der Waals surface area contributed by atoms with Gasteiger partial charge >= 0.3 is 25.7 Å². The molecular formula is C66H136N2O26P4S2Si2. The second-order valence-electron chi connectivity index (χ2n) is 25.1. The molecule has 606 valence electrons. The highest BCUT2D eigenvalue weighted by molar-refractivity contribution is 8.14. The van der Waals surface area contributed by atoms with Gasteiger partial charge in [0.05, 0.1) is 63.7 Å². The Morgan fingerprint density at radius 3 is 1.15 bits per heavy atom. The number of carbonyl (C=O) groups excluding carboxylic acids is 7. The lowest BCUT2D eigenvalue weighted by atomic mass is 9.92. The van der Waals surface area contributed by atoms with Crippen molar-refractivity contribution >= 4 is 118 Å². The van der Waals surface area contributed by atoms with Crippen molar-refractivity contribution in [3.8, 4) is 0 Å². The number of hydrogen-bond acceptors (Lipinski definition) is 24. The molecule has 0 saturated carbocycles. The van der Waals surface area contributed by atoms with E-state index >= 15 is 0 Å². The first-order valence-corrected chi connectivity index (χ1v) is 47.3. The predicted molar refractivity (Wildman–Crippen MR) is 419 cm³/mol. The maximum absolute atomic E-state index is 14.0. The average Bonchev–Trinajstić information content (AvgIpc) is 0.749. The average molecular weight is 1620 g/mol. The van der Waals surface area contributed by atoms with Gasteiger partial charge in [-0.3, -0.25) is 51.9 Å². The standard InChI is InChI=1S/C27H48NO9PSSi.C21H33NO7SSi.C6H15O4P.C6H15P.C4H10.C2H6O.HOP.4H2O/c1-11-17-33-25(30)23(38(34-12-2,35-13-3)36-14-4)28-22(29)21(19(5)37-40(9,10)27(6,7)8)24(28)39-26(31)20-16-15-18-32-20;1-8-11-28-19(25)17(24)22-16(23)15(13(2)29-31(6,7)21(3,4)5)18(22)30-20(26)14-10-9-12-27-14;1-4-8-11(7,9-5-2)10-6-3;1-4-7(5-2)6-3;1-3-4-2;1-2-3;1-2;;;;/h11,19-21,24H,1,12-18H2,2-10H3;8,13-15,18H,1,9-12H2,2-7H3;4-6H2,1-3H3;4-6H2,1-3H3;3-4H2,1-2H3;3H,2H2,1H3;2H;4*1H2/t19-,20?,21+,24-;13-,14?,15+,18-;;;;;;;;;/m11........./s1. The highest BCUT2D eigenvalue weighted by atomic mass is 32.2. The molecule has 36 heteroatoms. The number of amides is 3. The normalized spacial score (nSPS) is 19.0. The van der Waals surface area contributed by atoms with E-state index in [9.17, 15) is 38.1 Å². The van der Waals surface area contributed by atoms with E-state index in [1.165, 1.54) is 48.4 Å². The summed E-state index contributed by atoms with van der Waals surface area (Å²) in [7, 11) is -9.09. The molecule has 4 aliphatic rings. The molecule has 2 unspecified atom stereocenters. The van der Waals surface area contributed by atoms with E-state index < -0.39 is 103 Å². The minimum Gasteiger partial charge on any atom is -0.457 e. The molecule has 4 saturated heterocycles. The number of imide groups is 1. The SMILES string of the molecule is C=CCOC(=O)C(=O)N1C(=O)[C@H]([C@@H](C)O[Si](C)(C)C(C)(C)C)[C@H]1SC(=O)C1CCCO1.C=CCOC(=O)C(N1C(=O)[C@H]([C@@H](C)O[Si](C)(C)C(C)(C)C)[C@H]1SC(=O)C1CCCO1)=P(OCC)(OCC)OCC.CCCC.CCO.CCOP(=O)(OCC)OCC.CCP(CC)CC.O.O.O.O.O=P. The van der Waals surface area contributed by atoms with Gasteiger partial charge in [-0.15, -0.1) is 7.92 Å². The number of β-lactam (4-membered cyclic amide) rings is 2. The summed E-state index contributed by atoms with van der Waals surface area (Å²) in [5, 5.41) is 5.35. The van der Waals surface area contributed by atoms with Gasteiger partial charge < -0.3 is 68.4 Å². The lowest BCUT2D eigenvalue weighted by molar-refractivity contribution is -0.174. The van der Waals surface area contributed by atoms with Crippen LogP contribution in [0.25, 0.3) is 0 Å². The van der Waals surface area contributed by atoms with E-state index in [1.54, 1.807) is 64.5 Å². The highest BCUT2D eigenvalue weighted by Gasteiger charge is 2.60. The highest BCUT2D eigenvalue weighted by Crippen LogP contribution is 2.57. The van der Waals surface area contributed by atoms with E-state index in [0.717, 1.165) is 41.3 Å². The molecule has 4 heterocycles. The van der Waals surface area contributed by atoms with Crippen molar-refractivity contribution in [3.63, 3.8) is 0 Å². The number of likely N-dealkylation sites (tertiary alicyclic amines) is 2. The van der Waals surface area contributed by atoms with Crippen LogP contribution in [0.4, 0.5) is 0 Å². The van der Waals surface area contributed by atoms with Crippen LogP contribution in [-0.4, -0.2) is 225 Å². The first-order valence-electron chi connectivity index (χ1n) is 34.4. The second-order valence-corrected chi connectivity index (χ2v) is 43.9. The summed E-state index contributed by atoms with van der Waals surface area (Å²) < 4.78 is 86.2. The number of unbranched alkanes of at least 4 members (excludes halogenated alkanes) is 1. The van der Waals surface area contributed by atoms with Crippen LogP contribution in [0, 0.1) is 11.8 Å². The van der Waals surface area contributed by atoms with E-state index in [-0.39, 0.29) is 93.2 Å². The summed E-state index contributed by atoms with van der Waals surface area (Å²) in [5.74, 6) is -5.38. The lowest BCUT2D eigenvalue weighted by Crippen LogP contribution is -2.68. The number of rotatable bonds is 32. The minimum absolute atomic E-state index is 0. The summed E-state index contributed by atoms with van der Waals surface area (Å²) in [6.45, 7) is 57.6. The number of thioether (sulfide) groups is 2. The zero-order chi connectivity index (χ0) is 76.4. The third-order valence-corrected chi connectivity index (χ3v) is 34.7. The van der Waals surface area contributed by atoms with Gasteiger partial charge in [0.1, 0.15) is 45.3 Å². The Balaban J connectivity index is -0.000000256. The molecule has 4 aliphatic heterocycles. The molecule has 0 radical (unpaired) electrons. The number of phosphoric ester groups is 1. The zero-order valence-corrected chi connectivity index (χ0v) is 73.2. The van der Waals surface area contributed by atoms with E-state index in [1.807, 2.05) is 6.92 Å². The van der Waals surface area contributed by atoms with Crippen molar-refractivity contribution in [2.24, 2.45) is 11.8 Å². The number of hydrogen-bond donors (Lipinski definition) is 1. The zero-order valence-electron chi connectivity index (χ0n) is 65.9. The fourth-order valence-corrected chi connectivity index (χ4v) is 19.4. The van der Waals surface area contributed by atoms with E-state index in [2.05, 4.69) is 116 Å². The number of nitrogens with zero attached hydrogens (tertiary/aromatic N) is 2. The van der Waals surface area contributed by atoms with Crippen LogP contribution >= 0.6 is 56.0 Å². The van der Waals surface area contributed by atoms with Crippen LogP contribution in [-0.2, 0) is 97.6 Å². The van der Waals surface area contributed by atoms with Crippen molar-refractivity contribution in [2.75, 3.05) is 91.2 Å². The molecule has 0 spiro atoms. The van der Waals surface area contributed by atoms with Gasteiger partial charge in [0.2, 0.25) is 27.5 Å². The number of aliphatic hydroxyl groups excluding tert-OH is 1. The Hall–Kier alpha value is -2.04. The molecule has 3 amide bonds. The Morgan fingerprint density at radius 1 is 0.588 bits per heavy atom. The summed E-state index contributed by atoms with van der Waals surface area (Å²) >= 11 is 1.85. The number of ether oxygens (including phenoxy) is 4. The third-order valence-electron chi connectivity index (χ3n) is 15.9. The van der Waals surface area contributed by atoms with Gasteiger partial charge in [-0.05, 0) is 143 Å². The van der Waals surface area contributed by atoms with Crippen LogP contribution in [0.5, 0.6) is 0 Å². The third kappa shape index (κ3) is 37.4. The predicted octanol–water partition coefficient (Wildman–Crippen LogP) is 11.9. The maximum Gasteiger partial charge on any atom is 0.474 e. The molecule has 8 atom stereocenters. The van der Waals surface area contributed by atoms with Crippen LogP contribution in [0.2, 0.25) is 36.3 Å². The van der Waals surface area contributed by atoms with Crippen LogP contribution in [0.15, 0.2) is 25.3 Å². The number of esters is 2. The topological polar surface area (TPSA) is 417 Å². The molecule has 0 bridgehead atoms. The fourth-order valence-electron chi connectivity index (χ4n) is 8.78. The molecule has 4 fully saturated rings. The van der Waals surface area contributed by atoms with Crippen LogP contribution in [0.1, 0.15) is 177 Å². The van der Waals surface area contributed by atoms with Crippen molar-refractivity contribution in [3.05, 3.63) is 25.3 Å². The smallest absolute Gasteiger partial charge is 0.457 e. The van der Waals surface area contributed by atoms with Crippen molar-refractivity contribution in [2.45, 2.75) is 248 Å². The molecule has 9 N–H and O–H groups in total. The Morgan fingerprint density at radius 2 is 0.892 bits per heavy atom. The molecule has 102 heavy (non-hydrogen) atoms. The largest absolute Gasteiger partial charge is 0.474 e. The van der Waals surface area contributed by atoms with E-state index in [0.29, 0.717) is 53.8 Å². The molecule has 4 rings (SSSR count). The Labute approximate surface area is 625 Å². The van der Waals surface area contributed by atoms with Gasteiger partial charge in [0.25, 0.3) is 7.57 Å². The summed E-state index contributed by atoms with van der Waals surface area (Å²) in [4.78, 5) is 93.4. The Bertz CT molecular complexity index is 2430. The van der Waals surface area contributed by atoms with Gasteiger partial charge in [-0.1, -0.05) is 138 Å². The number of phosphoric acid groups is 1. The van der Waals surface area contributed by atoms with Crippen molar-refractivity contribution in [1.29, 1.82) is 0 Å². The number of aliphatic hydroxyl groups is 1. The molecule has 0 aromatic carbocycles. The summed E-state index contributed by atoms with van der Waals surface area (Å²) in [6.07, 6.45) is 10.3. The maximum atomic E-state index is 14.0. The summed E-state index contributed by atoms with van der Waals surface area (Å²) in [6, 6.07) is 0. The molecule has 0 aromatic heterocycles. The molecular weight excluding hydrogens is 1480 g/mol. The van der Waals surface area contributed by atoms with Crippen molar-refractivity contribution < 1.29 is 125 Å². The molecule has 0 aromatic rings. The van der Waals surface area contributed by atoms with E-state index in [4.69, 9.17) is 64.6 Å². The summed E-state index contributed by atoms with van der Waals surface area (Å²) in [5.41, 5.74) is -0.154. The lowest BCUT2D eigenvalue weighted by Gasteiger charge is -2.51. The monoisotopic (exact) mass is 1620 g/mol. The quantitative estimate of drug-likeness (QED) is 0.0163. The number of carbonyl (C=O) groups is 7. The van der Waals surface area contributed by atoms with Gasteiger partial charge in [-0.2, -0.15) is 0 Å². The Kier molecular flexibility index (Phi) is 65.4. The van der Waals surface area contributed by atoms with Crippen LogP contribution < -0.4 is 0 Å². The van der Waals surface area contributed by atoms with Crippen molar-refractivity contribution in [1.82, 2.24) is 9.80 Å².